The highest BCUT2D eigenvalue weighted by Crippen LogP contribution is 2.37. The lowest BCUT2D eigenvalue weighted by Gasteiger charge is -2.31. The molecule has 2 atom stereocenters. The molecule has 0 radical (unpaired) electrons. The average Bonchev–Trinajstić information content (AvgIpc) is 2.62. The van der Waals surface area contributed by atoms with Gasteiger partial charge in [-0.05, 0) is 25.7 Å². The fourth-order valence-electron chi connectivity index (χ4n) is 3.66. The van der Waals surface area contributed by atoms with Gasteiger partial charge in [0.2, 0.25) is 0 Å². The zero-order chi connectivity index (χ0) is 20.5. The van der Waals surface area contributed by atoms with Crippen molar-refractivity contribution in [3.63, 3.8) is 0 Å². The molecule has 0 aromatic rings. The summed E-state index contributed by atoms with van der Waals surface area (Å²) in [5, 5.41) is 37.4. The smallest absolute Gasteiger partial charge is 0.309 e. The number of rotatable bonds is 19. The van der Waals surface area contributed by atoms with E-state index in [9.17, 15) is 19.8 Å². The standard InChI is InChI=1S/C21H40O6/c1-2-3-4-11-14-21(20(26)27,16-18(23)17-22)15-12-9-7-5-6-8-10-13-19(24)25/h18,22-23H,2-17H2,1H3,(H,24,25)(H,26,27). The van der Waals surface area contributed by atoms with E-state index < -0.39 is 30.1 Å². The van der Waals surface area contributed by atoms with Crippen LogP contribution in [0.4, 0.5) is 0 Å². The van der Waals surface area contributed by atoms with Crippen molar-refractivity contribution in [3.05, 3.63) is 0 Å². The van der Waals surface area contributed by atoms with Gasteiger partial charge in [-0.25, -0.2) is 0 Å². The van der Waals surface area contributed by atoms with Crippen LogP contribution < -0.4 is 0 Å². The summed E-state index contributed by atoms with van der Waals surface area (Å²) in [6.07, 6.45) is 10.9. The van der Waals surface area contributed by atoms with Crippen LogP contribution in [0.15, 0.2) is 0 Å². The summed E-state index contributed by atoms with van der Waals surface area (Å²) >= 11 is 0. The molecular formula is C21H40O6. The van der Waals surface area contributed by atoms with Gasteiger partial charge >= 0.3 is 11.9 Å². The fourth-order valence-corrected chi connectivity index (χ4v) is 3.66. The number of aliphatic hydroxyl groups is 2. The highest BCUT2D eigenvalue weighted by atomic mass is 16.4. The SMILES string of the molecule is CCCCCCC(CCCCCCCCCC(=O)O)(CC(O)CO)C(=O)O. The first-order valence-corrected chi connectivity index (χ1v) is 10.6. The minimum atomic E-state index is -0.985. The van der Waals surface area contributed by atoms with Crippen LogP contribution in [0.2, 0.25) is 0 Å². The zero-order valence-electron chi connectivity index (χ0n) is 17.0. The van der Waals surface area contributed by atoms with E-state index in [-0.39, 0.29) is 12.8 Å². The van der Waals surface area contributed by atoms with Crippen LogP contribution in [-0.4, -0.2) is 45.1 Å². The third kappa shape index (κ3) is 12.8. The summed E-state index contributed by atoms with van der Waals surface area (Å²) in [4.78, 5) is 22.4. The van der Waals surface area contributed by atoms with Crippen LogP contribution in [0.25, 0.3) is 0 Å². The van der Waals surface area contributed by atoms with Crippen LogP contribution in [0.3, 0.4) is 0 Å². The molecule has 0 aromatic carbocycles. The first kappa shape index (κ1) is 25.9. The Morgan fingerprint density at radius 1 is 0.815 bits per heavy atom. The summed E-state index contributed by atoms with van der Waals surface area (Å²) < 4.78 is 0. The summed E-state index contributed by atoms with van der Waals surface area (Å²) in [6.45, 7) is 1.71. The van der Waals surface area contributed by atoms with Crippen LogP contribution in [0.5, 0.6) is 0 Å². The summed E-state index contributed by atoms with van der Waals surface area (Å²) in [5.41, 5.74) is -0.947. The molecule has 0 aliphatic heterocycles. The Hall–Kier alpha value is -1.14. The molecule has 6 heteroatoms. The van der Waals surface area contributed by atoms with Gasteiger partial charge < -0.3 is 20.4 Å². The first-order chi connectivity index (χ1) is 12.9. The van der Waals surface area contributed by atoms with Gasteiger partial charge in [0.05, 0.1) is 18.1 Å². The van der Waals surface area contributed by atoms with Gasteiger partial charge in [-0.2, -0.15) is 0 Å². The highest BCUT2D eigenvalue weighted by Gasteiger charge is 2.39. The molecule has 0 aliphatic rings. The number of hydrogen-bond donors (Lipinski definition) is 4. The monoisotopic (exact) mass is 388 g/mol. The Kier molecular flexibility index (Phi) is 15.2. The number of aliphatic hydroxyl groups excluding tert-OH is 2. The number of carbonyl (C=O) groups is 2. The van der Waals surface area contributed by atoms with Crippen molar-refractivity contribution >= 4 is 11.9 Å². The molecule has 27 heavy (non-hydrogen) atoms. The Morgan fingerprint density at radius 2 is 1.30 bits per heavy atom. The van der Waals surface area contributed by atoms with E-state index in [4.69, 9.17) is 10.2 Å². The number of hydrogen-bond acceptors (Lipinski definition) is 4. The number of carboxylic acids is 2. The van der Waals surface area contributed by atoms with Gasteiger partial charge in [0.15, 0.2) is 0 Å². The predicted octanol–water partition coefficient (Wildman–Crippen LogP) is 4.37. The van der Waals surface area contributed by atoms with Gasteiger partial charge in [0.1, 0.15) is 0 Å². The molecule has 0 bridgehead atoms. The lowest BCUT2D eigenvalue weighted by molar-refractivity contribution is -0.153. The molecule has 0 saturated carbocycles. The maximum Gasteiger partial charge on any atom is 0.309 e. The Bertz CT molecular complexity index is 398. The highest BCUT2D eigenvalue weighted by molar-refractivity contribution is 5.74. The minimum absolute atomic E-state index is 0.111. The number of carboxylic acid groups (broad SMARTS) is 2. The van der Waals surface area contributed by atoms with E-state index in [1.54, 1.807) is 0 Å². The maximum absolute atomic E-state index is 12.0. The van der Waals surface area contributed by atoms with Crippen molar-refractivity contribution in [1.82, 2.24) is 0 Å². The van der Waals surface area contributed by atoms with Gasteiger partial charge in [0.25, 0.3) is 0 Å². The zero-order valence-corrected chi connectivity index (χ0v) is 17.0. The second-order valence-corrected chi connectivity index (χ2v) is 7.81. The fraction of sp³-hybridized carbons (Fsp3) is 0.905. The molecule has 0 spiro atoms. The largest absolute Gasteiger partial charge is 0.481 e. The molecule has 0 saturated heterocycles. The second-order valence-electron chi connectivity index (χ2n) is 7.81. The van der Waals surface area contributed by atoms with Crippen molar-refractivity contribution in [2.75, 3.05) is 6.61 Å². The summed E-state index contributed by atoms with van der Waals surface area (Å²) in [7, 11) is 0. The third-order valence-corrected chi connectivity index (χ3v) is 5.35. The van der Waals surface area contributed by atoms with E-state index in [0.717, 1.165) is 64.2 Å². The summed E-state index contributed by atoms with van der Waals surface area (Å²) in [5.74, 6) is -1.61. The Morgan fingerprint density at radius 3 is 1.74 bits per heavy atom. The lowest BCUT2D eigenvalue weighted by Crippen LogP contribution is -2.36. The van der Waals surface area contributed by atoms with Crippen molar-refractivity contribution in [2.24, 2.45) is 5.41 Å². The summed E-state index contributed by atoms with van der Waals surface area (Å²) in [6, 6.07) is 0. The van der Waals surface area contributed by atoms with Crippen molar-refractivity contribution in [1.29, 1.82) is 0 Å². The average molecular weight is 389 g/mol. The van der Waals surface area contributed by atoms with E-state index in [1.807, 2.05) is 0 Å². The molecular weight excluding hydrogens is 348 g/mol. The van der Waals surface area contributed by atoms with Crippen LogP contribution >= 0.6 is 0 Å². The van der Waals surface area contributed by atoms with Crippen molar-refractivity contribution in [2.45, 2.75) is 109 Å². The molecule has 2 unspecified atom stereocenters. The molecule has 0 aliphatic carbocycles. The van der Waals surface area contributed by atoms with Crippen molar-refractivity contribution < 1.29 is 30.0 Å². The lowest BCUT2D eigenvalue weighted by atomic mass is 9.74. The molecule has 0 amide bonds. The number of unbranched alkanes of at least 4 members (excludes halogenated alkanes) is 9. The molecule has 0 aromatic heterocycles. The minimum Gasteiger partial charge on any atom is -0.481 e. The van der Waals surface area contributed by atoms with Gasteiger partial charge in [0, 0.05) is 6.42 Å². The molecule has 4 N–H and O–H groups in total. The molecule has 6 nitrogen and oxygen atoms in total. The van der Waals surface area contributed by atoms with E-state index in [1.165, 1.54) is 0 Å². The van der Waals surface area contributed by atoms with Crippen LogP contribution in [0.1, 0.15) is 103 Å². The van der Waals surface area contributed by atoms with E-state index in [2.05, 4.69) is 6.92 Å². The predicted molar refractivity (Wildman–Crippen MR) is 106 cm³/mol. The Labute approximate surface area is 164 Å². The maximum atomic E-state index is 12.0. The van der Waals surface area contributed by atoms with E-state index >= 15 is 0 Å². The molecule has 160 valence electrons. The first-order valence-electron chi connectivity index (χ1n) is 10.6. The Balaban J connectivity index is 4.32. The third-order valence-electron chi connectivity index (χ3n) is 5.35. The van der Waals surface area contributed by atoms with Crippen LogP contribution in [0, 0.1) is 5.41 Å². The molecule has 0 fully saturated rings. The van der Waals surface area contributed by atoms with Gasteiger partial charge in [-0.1, -0.05) is 71.1 Å². The van der Waals surface area contributed by atoms with Crippen molar-refractivity contribution in [3.8, 4) is 0 Å². The topological polar surface area (TPSA) is 115 Å². The van der Waals surface area contributed by atoms with Gasteiger partial charge in [-0.15, -0.1) is 0 Å². The van der Waals surface area contributed by atoms with E-state index in [0.29, 0.717) is 19.3 Å². The second kappa shape index (κ2) is 15.9. The molecule has 0 rings (SSSR count). The normalized spacial score (nSPS) is 14.6. The van der Waals surface area contributed by atoms with Gasteiger partial charge in [-0.3, -0.25) is 9.59 Å². The molecule has 0 heterocycles. The number of aliphatic carboxylic acids is 2. The quantitative estimate of drug-likeness (QED) is 0.244. The van der Waals surface area contributed by atoms with Crippen LogP contribution in [-0.2, 0) is 9.59 Å².